The maximum Gasteiger partial charge on any atom is 0.119 e. The van der Waals surface area contributed by atoms with Gasteiger partial charge in [0.2, 0.25) is 0 Å². The molecule has 0 radical (unpaired) electrons. The number of furan rings is 1. The van der Waals surface area contributed by atoms with Crippen LogP contribution in [-0.4, -0.2) is 6.10 Å². The molecule has 3 heteroatoms. The summed E-state index contributed by atoms with van der Waals surface area (Å²) in [7, 11) is 0. The molecule has 0 bridgehead atoms. The van der Waals surface area contributed by atoms with E-state index in [4.69, 9.17) is 9.15 Å². The van der Waals surface area contributed by atoms with E-state index in [2.05, 4.69) is 31.3 Å². The first kappa shape index (κ1) is 15.6. The van der Waals surface area contributed by atoms with Crippen molar-refractivity contribution in [2.75, 3.05) is 0 Å². The normalized spacial score (nSPS) is 12.9. The SMILES string of the molecule is CC(C)Oc1ccc([C@@H](NCc2ccco2)C(C)C)cc1. The third kappa shape index (κ3) is 4.64. The van der Waals surface area contributed by atoms with E-state index in [9.17, 15) is 0 Å². The van der Waals surface area contributed by atoms with E-state index in [-0.39, 0.29) is 6.10 Å². The Balaban J connectivity index is 2.03. The van der Waals surface area contributed by atoms with Crippen molar-refractivity contribution in [2.24, 2.45) is 5.92 Å². The van der Waals surface area contributed by atoms with Gasteiger partial charge < -0.3 is 14.5 Å². The summed E-state index contributed by atoms with van der Waals surface area (Å²) in [6, 6.07) is 12.6. The summed E-state index contributed by atoms with van der Waals surface area (Å²) in [6.07, 6.45) is 1.91. The molecule has 0 aliphatic carbocycles. The lowest BCUT2D eigenvalue weighted by Gasteiger charge is -2.23. The second-order valence-corrected chi connectivity index (χ2v) is 5.92. The van der Waals surface area contributed by atoms with Crippen molar-refractivity contribution in [1.29, 1.82) is 0 Å². The fourth-order valence-electron chi connectivity index (χ4n) is 2.39. The molecular weight excluding hydrogens is 262 g/mol. The molecule has 1 aromatic heterocycles. The zero-order valence-electron chi connectivity index (χ0n) is 13.3. The summed E-state index contributed by atoms with van der Waals surface area (Å²) in [5.74, 6) is 2.37. The highest BCUT2D eigenvalue weighted by atomic mass is 16.5. The molecule has 1 N–H and O–H groups in total. The van der Waals surface area contributed by atoms with Crippen LogP contribution in [-0.2, 0) is 6.54 Å². The van der Waals surface area contributed by atoms with Crippen LogP contribution < -0.4 is 10.1 Å². The molecule has 114 valence electrons. The molecule has 1 atom stereocenters. The number of rotatable bonds is 7. The fraction of sp³-hybridized carbons (Fsp3) is 0.444. The molecule has 0 aliphatic heterocycles. The molecule has 0 saturated carbocycles. The van der Waals surface area contributed by atoms with Gasteiger partial charge in [-0.05, 0) is 49.6 Å². The molecule has 2 aromatic rings. The summed E-state index contributed by atoms with van der Waals surface area (Å²) in [4.78, 5) is 0. The molecule has 3 nitrogen and oxygen atoms in total. The monoisotopic (exact) mass is 287 g/mol. The van der Waals surface area contributed by atoms with E-state index in [1.54, 1.807) is 6.26 Å². The van der Waals surface area contributed by atoms with E-state index in [0.29, 0.717) is 12.0 Å². The van der Waals surface area contributed by atoms with Crippen LogP contribution in [0.1, 0.15) is 45.1 Å². The lowest BCUT2D eigenvalue weighted by atomic mass is 9.96. The highest BCUT2D eigenvalue weighted by Gasteiger charge is 2.15. The van der Waals surface area contributed by atoms with Gasteiger partial charge in [-0.15, -0.1) is 0 Å². The first-order chi connectivity index (χ1) is 10.1. The van der Waals surface area contributed by atoms with Crippen molar-refractivity contribution in [2.45, 2.75) is 46.4 Å². The summed E-state index contributed by atoms with van der Waals surface area (Å²) in [5.41, 5.74) is 1.27. The van der Waals surface area contributed by atoms with Gasteiger partial charge in [-0.1, -0.05) is 26.0 Å². The summed E-state index contributed by atoms with van der Waals surface area (Å²) in [5, 5.41) is 3.56. The molecule has 0 unspecified atom stereocenters. The Morgan fingerprint density at radius 1 is 1.05 bits per heavy atom. The summed E-state index contributed by atoms with van der Waals surface area (Å²) in [6.45, 7) is 9.25. The molecule has 1 heterocycles. The van der Waals surface area contributed by atoms with Gasteiger partial charge >= 0.3 is 0 Å². The van der Waals surface area contributed by atoms with Crippen LogP contribution in [0.4, 0.5) is 0 Å². The maximum absolute atomic E-state index is 5.69. The number of nitrogens with one attached hydrogen (secondary N) is 1. The Morgan fingerprint density at radius 2 is 1.76 bits per heavy atom. The van der Waals surface area contributed by atoms with E-state index in [1.165, 1.54) is 5.56 Å². The molecule has 0 amide bonds. The Bertz CT molecular complexity index is 515. The maximum atomic E-state index is 5.69. The van der Waals surface area contributed by atoms with Crippen LogP contribution in [0.25, 0.3) is 0 Å². The summed E-state index contributed by atoms with van der Waals surface area (Å²) >= 11 is 0. The van der Waals surface area contributed by atoms with Gasteiger partial charge in [-0.3, -0.25) is 0 Å². The van der Waals surface area contributed by atoms with Crippen LogP contribution in [0, 0.1) is 5.92 Å². The topological polar surface area (TPSA) is 34.4 Å². The molecular formula is C18H25NO2. The van der Waals surface area contributed by atoms with Crippen LogP contribution in [0.3, 0.4) is 0 Å². The highest BCUT2D eigenvalue weighted by Crippen LogP contribution is 2.24. The second-order valence-electron chi connectivity index (χ2n) is 5.92. The van der Waals surface area contributed by atoms with Crippen molar-refractivity contribution in [3.05, 3.63) is 54.0 Å². The lowest BCUT2D eigenvalue weighted by molar-refractivity contribution is 0.242. The number of hydrogen-bond acceptors (Lipinski definition) is 3. The number of hydrogen-bond donors (Lipinski definition) is 1. The highest BCUT2D eigenvalue weighted by molar-refractivity contribution is 5.29. The van der Waals surface area contributed by atoms with E-state index in [1.807, 2.05) is 38.1 Å². The third-order valence-electron chi connectivity index (χ3n) is 3.35. The van der Waals surface area contributed by atoms with Crippen LogP contribution >= 0.6 is 0 Å². The zero-order valence-corrected chi connectivity index (χ0v) is 13.3. The zero-order chi connectivity index (χ0) is 15.2. The van der Waals surface area contributed by atoms with E-state index >= 15 is 0 Å². The van der Waals surface area contributed by atoms with Gasteiger partial charge in [0.1, 0.15) is 11.5 Å². The average Bonchev–Trinajstić information content (AvgIpc) is 2.93. The fourth-order valence-corrected chi connectivity index (χ4v) is 2.39. The van der Waals surface area contributed by atoms with Gasteiger partial charge in [0.25, 0.3) is 0 Å². The van der Waals surface area contributed by atoms with E-state index < -0.39 is 0 Å². The standard InChI is InChI=1S/C18H25NO2/c1-13(2)18(19-12-17-6-5-11-20-17)15-7-9-16(10-8-15)21-14(3)4/h5-11,13-14,18-19H,12H2,1-4H3/t18-/m0/s1. The average molecular weight is 287 g/mol. The molecule has 0 fully saturated rings. The van der Waals surface area contributed by atoms with Gasteiger partial charge in [-0.25, -0.2) is 0 Å². The van der Waals surface area contributed by atoms with Crippen LogP contribution in [0.5, 0.6) is 5.75 Å². The van der Waals surface area contributed by atoms with Gasteiger partial charge in [0, 0.05) is 6.04 Å². The smallest absolute Gasteiger partial charge is 0.119 e. The van der Waals surface area contributed by atoms with Crippen molar-refractivity contribution < 1.29 is 9.15 Å². The minimum atomic E-state index is 0.203. The molecule has 0 spiro atoms. The Kier molecular flexibility index (Phi) is 5.45. The third-order valence-corrected chi connectivity index (χ3v) is 3.35. The van der Waals surface area contributed by atoms with Crippen molar-refractivity contribution in [3.63, 3.8) is 0 Å². The van der Waals surface area contributed by atoms with Crippen LogP contribution in [0.2, 0.25) is 0 Å². The van der Waals surface area contributed by atoms with Gasteiger partial charge in [-0.2, -0.15) is 0 Å². The van der Waals surface area contributed by atoms with Gasteiger partial charge in [0.05, 0.1) is 18.9 Å². The first-order valence-corrected chi connectivity index (χ1v) is 7.58. The Morgan fingerprint density at radius 3 is 2.29 bits per heavy atom. The van der Waals surface area contributed by atoms with E-state index in [0.717, 1.165) is 18.1 Å². The molecule has 21 heavy (non-hydrogen) atoms. The largest absolute Gasteiger partial charge is 0.491 e. The lowest BCUT2D eigenvalue weighted by Crippen LogP contribution is -2.25. The predicted octanol–water partition coefficient (Wildman–Crippen LogP) is 4.55. The number of benzene rings is 1. The number of ether oxygens (including phenoxy) is 1. The first-order valence-electron chi connectivity index (χ1n) is 7.58. The molecule has 0 saturated heterocycles. The van der Waals surface area contributed by atoms with Gasteiger partial charge in [0.15, 0.2) is 0 Å². The Labute approximate surface area is 127 Å². The molecule has 2 rings (SSSR count). The molecule has 1 aromatic carbocycles. The van der Waals surface area contributed by atoms with Crippen molar-refractivity contribution >= 4 is 0 Å². The summed E-state index contributed by atoms with van der Waals surface area (Å²) < 4.78 is 11.1. The Hall–Kier alpha value is -1.74. The quantitative estimate of drug-likeness (QED) is 0.811. The molecule has 0 aliphatic rings. The minimum absolute atomic E-state index is 0.203. The predicted molar refractivity (Wildman–Crippen MR) is 85.3 cm³/mol. The van der Waals surface area contributed by atoms with Crippen LogP contribution in [0.15, 0.2) is 47.1 Å². The second kappa shape index (κ2) is 7.32. The van der Waals surface area contributed by atoms with Crippen molar-refractivity contribution in [1.82, 2.24) is 5.32 Å². The van der Waals surface area contributed by atoms with Crippen molar-refractivity contribution in [3.8, 4) is 5.75 Å². The minimum Gasteiger partial charge on any atom is -0.491 e.